The minimum atomic E-state index is -0.605. The Morgan fingerprint density at radius 3 is 2.66 bits per heavy atom. The van der Waals surface area contributed by atoms with Crippen LogP contribution in [0.5, 0.6) is 5.75 Å². The Balaban J connectivity index is 1.89. The Bertz CT molecular complexity index is 1140. The van der Waals surface area contributed by atoms with Crippen LogP contribution in [0.1, 0.15) is 15.9 Å². The molecule has 29 heavy (non-hydrogen) atoms. The summed E-state index contributed by atoms with van der Waals surface area (Å²) in [5.41, 5.74) is -0.0936. The number of carbonyl (C=O) groups is 1. The predicted octanol–water partition coefficient (Wildman–Crippen LogP) is 3.20. The van der Waals surface area contributed by atoms with Crippen LogP contribution in [-0.4, -0.2) is 22.5 Å². The van der Waals surface area contributed by atoms with Gasteiger partial charge in [-0.05, 0) is 18.2 Å². The number of ether oxygens (including phenoxy) is 1. The van der Waals surface area contributed by atoms with Gasteiger partial charge in [-0.3, -0.25) is 19.7 Å². The molecule has 8 nitrogen and oxygen atoms in total. The van der Waals surface area contributed by atoms with Crippen LogP contribution in [0.25, 0.3) is 0 Å². The monoisotopic (exact) mass is 397 g/mol. The standard InChI is InChI=1S/C20H16FN3O5/c1-29-18-8-7-15(24(27)28)10-17(18)22-20(26)14-6-9-19(25)23(12-14)11-13-4-2-3-5-16(13)21/h2-10,12H,11H2,1H3,(H,22,26). The summed E-state index contributed by atoms with van der Waals surface area (Å²) in [5.74, 6) is -0.828. The third-order valence-electron chi connectivity index (χ3n) is 4.19. The van der Waals surface area contributed by atoms with Crippen LogP contribution in [0.4, 0.5) is 15.8 Å². The molecule has 0 saturated heterocycles. The number of nitrogens with one attached hydrogen (secondary N) is 1. The van der Waals surface area contributed by atoms with Gasteiger partial charge in [0.2, 0.25) is 0 Å². The fourth-order valence-corrected chi connectivity index (χ4v) is 2.70. The molecule has 0 bridgehead atoms. The first-order chi connectivity index (χ1) is 13.9. The molecule has 9 heteroatoms. The van der Waals surface area contributed by atoms with Crippen LogP contribution in [0.15, 0.2) is 65.6 Å². The van der Waals surface area contributed by atoms with Gasteiger partial charge in [0, 0.05) is 30.0 Å². The van der Waals surface area contributed by atoms with Crippen molar-refractivity contribution in [3.8, 4) is 5.75 Å². The number of pyridine rings is 1. The molecule has 0 aliphatic heterocycles. The van der Waals surface area contributed by atoms with E-state index in [9.17, 15) is 24.1 Å². The lowest BCUT2D eigenvalue weighted by Crippen LogP contribution is -2.23. The van der Waals surface area contributed by atoms with Gasteiger partial charge in [0.05, 0.1) is 29.8 Å². The van der Waals surface area contributed by atoms with Crippen molar-refractivity contribution in [2.45, 2.75) is 6.54 Å². The SMILES string of the molecule is COc1ccc([N+](=O)[O-])cc1NC(=O)c1ccc(=O)n(Cc2ccccc2F)c1. The van der Waals surface area contributed by atoms with Crippen LogP contribution in [0, 0.1) is 15.9 Å². The second kappa shape index (κ2) is 8.34. The van der Waals surface area contributed by atoms with E-state index >= 15 is 0 Å². The normalized spacial score (nSPS) is 10.4. The van der Waals surface area contributed by atoms with Crippen molar-refractivity contribution in [3.63, 3.8) is 0 Å². The van der Waals surface area contributed by atoms with Gasteiger partial charge in [-0.1, -0.05) is 18.2 Å². The summed E-state index contributed by atoms with van der Waals surface area (Å²) in [5, 5.41) is 13.5. The molecule has 0 atom stereocenters. The lowest BCUT2D eigenvalue weighted by molar-refractivity contribution is -0.384. The maximum atomic E-state index is 13.9. The molecule has 148 valence electrons. The highest BCUT2D eigenvalue weighted by Gasteiger charge is 2.15. The summed E-state index contributed by atoms with van der Waals surface area (Å²) < 4.78 is 20.2. The molecule has 0 saturated carbocycles. The summed E-state index contributed by atoms with van der Waals surface area (Å²) in [7, 11) is 1.37. The molecule has 3 rings (SSSR count). The van der Waals surface area contributed by atoms with Crippen LogP contribution in [0.3, 0.4) is 0 Å². The molecule has 1 N–H and O–H groups in total. The number of carbonyl (C=O) groups excluding carboxylic acids is 1. The summed E-state index contributed by atoms with van der Waals surface area (Å²) in [6, 6.07) is 12.3. The number of nitrogens with zero attached hydrogens (tertiary/aromatic N) is 2. The number of hydrogen-bond acceptors (Lipinski definition) is 5. The Morgan fingerprint density at radius 2 is 1.97 bits per heavy atom. The summed E-state index contributed by atoms with van der Waals surface area (Å²) in [4.78, 5) is 35.1. The number of nitro benzene ring substituents is 1. The first-order valence-electron chi connectivity index (χ1n) is 8.46. The maximum Gasteiger partial charge on any atom is 0.271 e. The Labute approximate surface area is 164 Å². The zero-order valence-corrected chi connectivity index (χ0v) is 15.3. The zero-order valence-electron chi connectivity index (χ0n) is 15.3. The molecule has 1 amide bonds. The Morgan fingerprint density at radius 1 is 1.21 bits per heavy atom. The summed E-state index contributed by atoms with van der Waals surface area (Å²) in [6.45, 7) is -0.0489. The molecule has 0 unspecified atom stereocenters. The van der Waals surface area contributed by atoms with Crippen molar-refractivity contribution in [2.24, 2.45) is 0 Å². The van der Waals surface area contributed by atoms with Gasteiger partial charge in [-0.2, -0.15) is 0 Å². The third kappa shape index (κ3) is 4.46. The number of nitro groups is 1. The van der Waals surface area contributed by atoms with Gasteiger partial charge >= 0.3 is 0 Å². The highest BCUT2D eigenvalue weighted by molar-refractivity contribution is 6.05. The molecule has 1 heterocycles. The quantitative estimate of drug-likeness (QED) is 0.508. The average molecular weight is 397 g/mol. The van der Waals surface area contributed by atoms with Crippen molar-refractivity contribution < 1.29 is 18.8 Å². The average Bonchev–Trinajstić information content (AvgIpc) is 2.71. The molecule has 0 aliphatic rings. The number of anilines is 1. The number of amides is 1. The predicted molar refractivity (Wildman–Crippen MR) is 104 cm³/mol. The van der Waals surface area contributed by atoms with Gasteiger partial charge in [0.25, 0.3) is 17.2 Å². The fourth-order valence-electron chi connectivity index (χ4n) is 2.70. The molecule has 1 aromatic heterocycles. The Kier molecular flexibility index (Phi) is 5.68. The van der Waals surface area contributed by atoms with Crippen molar-refractivity contribution in [1.29, 1.82) is 0 Å². The van der Waals surface area contributed by atoms with Gasteiger partial charge in [0.1, 0.15) is 11.6 Å². The second-order valence-electron chi connectivity index (χ2n) is 6.07. The van der Waals surface area contributed by atoms with Crippen molar-refractivity contribution in [1.82, 2.24) is 4.57 Å². The summed E-state index contributed by atoms with van der Waals surface area (Å²) in [6.07, 6.45) is 1.30. The lowest BCUT2D eigenvalue weighted by atomic mass is 10.2. The molecule has 0 radical (unpaired) electrons. The van der Waals surface area contributed by atoms with E-state index in [2.05, 4.69) is 5.32 Å². The smallest absolute Gasteiger partial charge is 0.271 e. The number of non-ortho nitro benzene ring substituents is 1. The number of benzene rings is 2. The van der Waals surface area contributed by atoms with Crippen LogP contribution in [0.2, 0.25) is 0 Å². The molecule has 0 fully saturated rings. The maximum absolute atomic E-state index is 13.9. The van der Waals surface area contributed by atoms with E-state index in [1.54, 1.807) is 12.1 Å². The molecule has 0 aliphatic carbocycles. The lowest BCUT2D eigenvalue weighted by Gasteiger charge is -2.12. The van der Waals surface area contributed by atoms with Crippen LogP contribution < -0.4 is 15.6 Å². The third-order valence-corrected chi connectivity index (χ3v) is 4.19. The molecule has 3 aromatic rings. The van der Waals surface area contributed by atoms with E-state index in [4.69, 9.17) is 4.74 Å². The number of methoxy groups -OCH3 is 1. The highest BCUT2D eigenvalue weighted by atomic mass is 19.1. The summed E-state index contributed by atoms with van der Waals surface area (Å²) >= 11 is 0. The largest absolute Gasteiger partial charge is 0.495 e. The molecule has 2 aromatic carbocycles. The number of halogens is 1. The first kappa shape index (κ1) is 19.7. The van der Waals surface area contributed by atoms with Gasteiger partial charge in [-0.15, -0.1) is 0 Å². The van der Waals surface area contributed by atoms with Crippen molar-refractivity contribution >= 4 is 17.3 Å². The number of hydrogen-bond donors (Lipinski definition) is 1. The number of rotatable bonds is 6. The van der Waals surface area contributed by atoms with E-state index in [1.165, 1.54) is 60.3 Å². The van der Waals surface area contributed by atoms with Crippen molar-refractivity contribution in [2.75, 3.05) is 12.4 Å². The van der Waals surface area contributed by atoms with E-state index in [1.807, 2.05) is 0 Å². The van der Waals surface area contributed by atoms with Crippen LogP contribution >= 0.6 is 0 Å². The highest BCUT2D eigenvalue weighted by Crippen LogP contribution is 2.29. The zero-order chi connectivity index (χ0) is 21.0. The number of aromatic nitrogens is 1. The molecular weight excluding hydrogens is 381 g/mol. The van der Waals surface area contributed by atoms with Gasteiger partial charge in [-0.25, -0.2) is 4.39 Å². The second-order valence-corrected chi connectivity index (χ2v) is 6.07. The molecular formula is C20H16FN3O5. The minimum absolute atomic E-state index is 0.0489. The Hall–Kier alpha value is -4.01. The van der Waals surface area contributed by atoms with Crippen molar-refractivity contribution in [3.05, 3.63) is 98.2 Å². The van der Waals surface area contributed by atoms with E-state index in [0.717, 1.165) is 0 Å². The van der Waals surface area contributed by atoms with Gasteiger partial charge < -0.3 is 14.6 Å². The fraction of sp³-hybridized carbons (Fsp3) is 0.100. The van der Waals surface area contributed by atoms with E-state index in [0.29, 0.717) is 5.56 Å². The molecule has 0 spiro atoms. The topological polar surface area (TPSA) is 103 Å². The van der Waals surface area contributed by atoms with E-state index < -0.39 is 22.2 Å². The van der Waals surface area contributed by atoms with Gasteiger partial charge in [0.15, 0.2) is 0 Å². The van der Waals surface area contributed by atoms with E-state index in [-0.39, 0.29) is 29.2 Å². The first-order valence-corrected chi connectivity index (χ1v) is 8.46. The van der Waals surface area contributed by atoms with Crippen LogP contribution in [-0.2, 0) is 6.54 Å². The minimum Gasteiger partial charge on any atom is -0.495 e.